The average molecular weight is 270 g/mol. The molecule has 3 aromatic rings. The first kappa shape index (κ1) is 12.3. The molecule has 0 saturated carbocycles. The predicted octanol–water partition coefficient (Wildman–Crippen LogP) is 0.435. The number of hydrogen-bond donors (Lipinski definition) is 1. The van der Waals surface area contributed by atoms with Crippen molar-refractivity contribution in [1.82, 2.24) is 29.5 Å². The number of carbonyl (C=O) groups excluding carboxylic acids is 1. The summed E-state index contributed by atoms with van der Waals surface area (Å²) in [6.07, 6.45) is 9.33. The van der Waals surface area contributed by atoms with Gasteiger partial charge in [-0.05, 0) is 6.07 Å². The van der Waals surface area contributed by atoms with Crippen LogP contribution in [-0.4, -0.2) is 36.6 Å². The van der Waals surface area contributed by atoms with Crippen molar-refractivity contribution >= 4 is 11.6 Å². The minimum atomic E-state index is -0.224. The largest absolute Gasteiger partial charge is 0.350 e. The van der Waals surface area contributed by atoms with Gasteiger partial charge in [-0.15, -0.1) is 0 Å². The van der Waals surface area contributed by atoms with Crippen molar-refractivity contribution < 1.29 is 4.79 Å². The second-order valence-electron chi connectivity index (χ2n) is 4.42. The SMILES string of the molecule is Cn1ccc(CCNC(=O)c2nccn3ccnc23)n1. The molecular weight excluding hydrogens is 256 g/mol. The molecule has 3 aromatic heterocycles. The highest BCUT2D eigenvalue weighted by Gasteiger charge is 2.12. The van der Waals surface area contributed by atoms with Crippen molar-refractivity contribution in [2.45, 2.75) is 6.42 Å². The number of nitrogens with one attached hydrogen (secondary N) is 1. The number of rotatable bonds is 4. The molecule has 3 rings (SSSR count). The molecule has 3 heterocycles. The molecule has 1 amide bonds. The topological polar surface area (TPSA) is 77.1 Å². The van der Waals surface area contributed by atoms with E-state index < -0.39 is 0 Å². The molecule has 0 aromatic carbocycles. The lowest BCUT2D eigenvalue weighted by Gasteiger charge is -2.04. The van der Waals surface area contributed by atoms with E-state index >= 15 is 0 Å². The monoisotopic (exact) mass is 270 g/mol. The van der Waals surface area contributed by atoms with Gasteiger partial charge in [-0.1, -0.05) is 0 Å². The van der Waals surface area contributed by atoms with Gasteiger partial charge in [0, 0.05) is 51.0 Å². The number of carbonyl (C=O) groups is 1. The molecule has 0 spiro atoms. The Morgan fingerprint density at radius 1 is 1.25 bits per heavy atom. The summed E-state index contributed by atoms with van der Waals surface area (Å²) < 4.78 is 3.50. The Morgan fingerprint density at radius 2 is 2.05 bits per heavy atom. The van der Waals surface area contributed by atoms with Crippen LogP contribution in [0.15, 0.2) is 37.1 Å². The van der Waals surface area contributed by atoms with Crippen LogP contribution >= 0.6 is 0 Å². The first-order valence-corrected chi connectivity index (χ1v) is 6.28. The van der Waals surface area contributed by atoms with E-state index in [1.54, 1.807) is 33.9 Å². The molecule has 102 valence electrons. The molecule has 0 fully saturated rings. The van der Waals surface area contributed by atoms with Crippen LogP contribution in [-0.2, 0) is 13.5 Å². The van der Waals surface area contributed by atoms with Gasteiger partial charge < -0.3 is 9.72 Å². The number of amides is 1. The third-order valence-corrected chi connectivity index (χ3v) is 2.96. The van der Waals surface area contributed by atoms with Crippen LogP contribution in [0, 0.1) is 0 Å². The summed E-state index contributed by atoms with van der Waals surface area (Å²) in [5.74, 6) is -0.224. The summed E-state index contributed by atoms with van der Waals surface area (Å²) in [5, 5.41) is 7.09. The van der Waals surface area contributed by atoms with Gasteiger partial charge in [-0.25, -0.2) is 9.97 Å². The second-order valence-corrected chi connectivity index (χ2v) is 4.42. The summed E-state index contributed by atoms with van der Waals surface area (Å²) in [6, 6.07) is 1.93. The summed E-state index contributed by atoms with van der Waals surface area (Å²) in [5.41, 5.74) is 1.83. The van der Waals surface area contributed by atoms with Crippen molar-refractivity contribution in [1.29, 1.82) is 0 Å². The molecule has 0 saturated heterocycles. The molecule has 0 radical (unpaired) electrons. The average Bonchev–Trinajstić information content (AvgIpc) is 3.06. The molecule has 20 heavy (non-hydrogen) atoms. The minimum Gasteiger partial charge on any atom is -0.350 e. The summed E-state index contributed by atoms with van der Waals surface area (Å²) in [7, 11) is 1.87. The molecule has 0 bridgehead atoms. The van der Waals surface area contributed by atoms with E-state index in [0.29, 0.717) is 24.3 Å². The van der Waals surface area contributed by atoms with Crippen molar-refractivity contribution in [3.63, 3.8) is 0 Å². The molecule has 0 aliphatic rings. The standard InChI is InChI=1S/C13H14N6O/c1-18-7-3-10(17-18)2-4-16-13(20)11-12-15-6-9-19(12)8-5-14-11/h3,5-9H,2,4H2,1H3,(H,16,20). The van der Waals surface area contributed by atoms with Gasteiger partial charge in [0.25, 0.3) is 5.91 Å². The Bertz CT molecular complexity index is 744. The molecule has 0 atom stereocenters. The summed E-state index contributed by atoms with van der Waals surface area (Å²) >= 11 is 0. The third-order valence-electron chi connectivity index (χ3n) is 2.96. The fraction of sp³-hybridized carbons (Fsp3) is 0.231. The Morgan fingerprint density at radius 3 is 2.80 bits per heavy atom. The zero-order chi connectivity index (χ0) is 13.9. The maximum atomic E-state index is 12.1. The van der Waals surface area contributed by atoms with Crippen LogP contribution in [0.5, 0.6) is 0 Å². The lowest BCUT2D eigenvalue weighted by molar-refractivity contribution is 0.0950. The van der Waals surface area contributed by atoms with Crippen molar-refractivity contribution in [2.75, 3.05) is 6.54 Å². The fourth-order valence-electron chi connectivity index (χ4n) is 2.00. The highest BCUT2D eigenvalue weighted by atomic mass is 16.1. The normalized spacial score (nSPS) is 10.8. The third kappa shape index (κ3) is 2.37. The smallest absolute Gasteiger partial charge is 0.273 e. The van der Waals surface area contributed by atoms with Gasteiger partial charge in [0.2, 0.25) is 0 Å². The Kier molecular flexibility index (Phi) is 3.16. The number of nitrogens with zero attached hydrogens (tertiary/aromatic N) is 5. The van der Waals surface area contributed by atoms with E-state index in [9.17, 15) is 4.79 Å². The number of hydrogen-bond acceptors (Lipinski definition) is 4. The molecular formula is C13H14N6O. The zero-order valence-electron chi connectivity index (χ0n) is 11.0. The molecule has 0 aliphatic heterocycles. The molecule has 1 N–H and O–H groups in total. The number of imidazole rings is 1. The Hall–Kier alpha value is -2.70. The van der Waals surface area contributed by atoms with Crippen molar-refractivity contribution in [3.05, 3.63) is 48.4 Å². The second kappa shape index (κ2) is 5.12. The van der Waals surface area contributed by atoms with Gasteiger partial charge in [-0.2, -0.15) is 5.10 Å². The van der Waals surface area contributed by atoms with Crippen molar-refractivity contribution in [3.8, 4) is 0 Å². The molecule has 7 nitrogen and oxygen atoms in total. The summed E-state index contributed by atoms with van der Waals surface area (Å²) in [6.45, 7) is 0.513. The van der Waals surface area contributed by atoms with E-state index in [1.807, 2.05) is 19.3 Å². The number of aryl methyl sites for hydroxylation is 1. The van der Waals surface area contributed by atoms with Crippen LogP contribution in [0.1, 0.15) is 16.2 Å². The molecule has 0 aliphatic carbocycles. The number of fused-ring (bicyclic) bond motifs is 1. The van der Waals surface area contributed by atoms with Crippen LogP contribution in [0.2, 0.25) is 0 Å². The van der Waals surface area contributed by atoms with E-state index in [1.165, 1.54) is 0 Å². The fourth-order valence-corrected chi connectivity index (χ4v) is 2.00. The zero-order valence-corrected chi connectivity index (χ0v) is 11.0. The minimum absolute atomic E-state index is 0.224. The summed E-state index contributed by atoms with van der Waals surface area (Å²) in [4.78, 5) is 20.3. The van der Waals surface area contributed by atoms with E-state index in [2.05, 4.69) is 20.4 Å². The first-order valence-electron chi connectivity index (χ1n) is 6.28. The molecule has 0 unspecified atom stereocenters. The van der Waals surface area contributed by atoms with E-state index in [0.717, 1.165) is 5.69 Å². The highest BCUT2D eigenvalue weighted by molar-refractivity contribution is 5.97. The Balaban J connectivity index is 1.66. The van der Waals surface area contributed by atoms with Crippen LogP contribution in [0.4, 0.5) is 0 Å². The van der Waals surface area contributed by atoms with Crippen LogP contribution < -0.4 is 5.32 Å². The lowest BCUT2D eigenvalue weighted by Crippen LogP contribution is -2.27. The van der Waals surface area contributed by atoms with E-state index in [4.69, 9.17) is 0 Å². The maximum absolute atomic E-state index is 12.1. The first-order chi connectivity index (χ1) is 9.74. The molecule has 7 heteroatoms. The van der Waals surface area contributed by atoms with Gasteiger partial charge in [0.05, 0.1) is 5.69 Å². The van der Waals surface area contributed by atoms with Gasteiger partial charge in [-0.3, -0.25) is 9.48 Å². The maximum Gasteiger partial charge on any atom is 0.273 e. The number of aromatic nitrogens is 5. The predicted molar refractivity (Wildman–Crippen MR) is 72.2 cm³/mol. The lowest BCUT2D eigenvalue weighted by atomic mass is 10.3. The van der Waals surface area contributed by atoms with Crippen LogP contribution in [0.25, 0.3) is 5.65 Å². The van der Waals surface area contributed by atoms with Gasteiger partial charge in [0.1, 0.15) is 0 Å². The quantitative estimate of drug-likeness (QED) is 0.746. The van der Waals surface area contributed by atoms with E-state index in [-0.39, 0.29) is 5.91 Å². The van der Waals surface area contributed by atoms with Gasteiger partial charge >= 0.3 is 0 Å². The Labute approximate surface area is 115 Å². The van der Waals surface area contributed by atoms with Crippen molar-refractivity contribution in [2.24, 2.45) is 7.05 Å². The highest BCUT2D eigenvalue weighted by Crippen LogP contribution is 2.05. The van der Waals surface area contributed by atoms with Crippen LogP contribution in [0.3, 0.4) is 0 Å². The van der Waals surface area contributed by atoms with Gasteiger partial charge in [0.15, 0.2) is 11.3 Å².